The first-order valence-electron chi connectivity index (χ1n) is 11.4. The zero-order chi connectivity index (χ0) is 26.2. The number of aromatic amines is 1. The summed E-state index contributed by atoms with van der Waals surface area (Å²) in [5.41, 5.74) is 0.0768. The average molecular weight is 551 g/mol. The Morgan fingerprint density at radius 3 is 2.59 bits per heavy atom. The van der Waals surface area contributed by atoms with Crippen molar-refractivity contribution in [3.8, 4) is 0 Å². The number of halogens is 3. The number of thioether (sulfide) groups is 1. The Morgan fingerprint density at radius 2 is 1.84 bits per heavy atom. The molecular weight excluding hydrogens is 529 g/mol. The number of sulfonamides is 1. The van der Waals surface area contributed by atoms with Gasteiger partial charge >= 0.3 is 6.18 Å². The first-order valence-corrected chi connectivity index (χ1v) is 13.8. The van der Waals surface area contributed by atoms with Crippen molar-refractivity contribution in [1.82, 2.24) is 24.5 Å². The van der Waals surface area contributed by atoms with Crippen LogP contribution in [-0.4, -0.2) is 57.6 Å². The van der Waals surface area contributed by atoms with E-state index in [1.807, 2.05) is 0 Å². The van der Waals surface area contributed by atoms with Gasteiger partial charge in [0, 0.05) is 24.0 Å². The number of piperidine rings is 1. The fourth-order valence-corrected chi connectivity index (χ4v) is 6.30. The topological polar surface area (TPSA) is 121 Å². The molecule has 9 nitrogen and oxygen atoms in total. The SMILES string of the molecule is O=C(CSc1nnc2c(n1)[nH]c1ccc(S(=O)(=O)N3CCCCC3)cc12)Nc1ccccc1C(F)(F)F. The Labute approximate surface area is 213 Å². The number of rotatable bonds is 6. The Balaban J connectivity index is 1.33. The van der Waals surface area contributed by atoms with Crippen LogP contribution in [0.15, 0.2) is 52.5 Å². The van der Waals surface area contributed by atoms with Gasteiger partial charge in [0.2, 0.25) is 21.1 Å². The smallest absolute Gasteiger partial charge is 0.338 e. The molecule has 0 unspecified atom stereocenters. The first-order chi connectivity index (χ1) is 17.6. The van der Waals surface area contributed by atoms with Crippen LogP contribution < -0.4 is 5.32 Å². The highest BCUT2D eigenvalue weighted by molar-refractivity contribution is 7.99. The van der Waals surface area contributed by atoms with Crippen LogP contribution in [-0.2, 0) is 21.0 Å². The zero-order valence-corrected chi connectivity index (χ0v) is 20.9. The summed E-state index contributed by atoms with van der Waals surface area (Å²) in [6.45, 7) is 0.983. The molecule has 0 atom stereocenters. The van der Waals surface area contributed by atoms with Gasteiger partial charge < -0.3 is 10.3 Å². The second-order valence-corrected chi connectivity index (χ2v) is 11.3. The van der Waals surface area contributed by atoms with Gasteiger partial charge in [0.15, 0.2) is 5.65 Å². The molecule has 0 aliphatic carbocycles. The predicted molar refractivity (Wildman–Crippen MR) is 133 cm³/mol. The van der Waals surface area contributed by atoms with Crippen molar-refractivity contribution in [2.75, 3.05) is 24.2 Å². The predicted octanol–water partition coefficient (Wildman–Crippen LogP) is 4.43. The molecule has 0 saturated carbocycles. The molecule has 14 heteroatoms. The summed E-state index contributed by atoms with van der Waals surface area (Å²) >= 11 is 0.911. The summed E-state index contributed by atoms with van der Waals surface area (Å²) in [4.78, 5) is 19.9. The fourth-order valence-electron chi connectivity index (χ4n) is 4.17. The van der Waals surface area contributed by atoms with Gasteiger partial charge in [-0.1, -0.05) is 30.3 Å². The van der Waals surface area contributed by atoms with E-state index in [0.717, 1.165) is 37.1 Å². The van der Waals surface area contributed by atoms with E-state index in [1.54, 1.807) is 12.1 Å². The number of fused-ring (bicyclic) bond motifs is 3. The van der Waals surface area contributed by atoms with Gasteiger partial charge in [-0.05, 0) is 43.2 Å². The summed E-state index contributed by atoms with van der Waals surface area (Å²) < 4.78 is 67.0. The van der Waals surface area contributed by atoms with Gasteiger partial charge in [-0.15, -0.1) is 10.2 Å². The molecule has 0 spiro atoms. The van der Waals surface area contributed by atoms with E-state index in [4.69, 9.17) is 0 Å². The number of anilines is 1. The van der Waals surface area contributed by atoms with Gasteiger partial charge in [0.25, 0.3) is 0 Å². The summed E-state index contributed by atoms with van der Waals surface area (Å²) in [5.74, 6) is -0.896. The summed E-state index contributed by atoms with van der Waals surface area (Å²) in [6, 6.07) is 9.45. The molecule has 1 amide bonds. The number of nitrogens with zero attached hydrogens (tertiary/aromatic N) is 4. The second kappa shape index (κ2) is 9.91. The van der Waals surface area contributed by atoms with Gasteiger partial charge in [-0.3, -0.25) is 4.79 Å². The molecule has 1 aliphatic heterocycles. The largest absolute Gasteiger partial charge is 0.418 e. The molecule has 2 aromatic carbocycles. The standard InChI is InChI=1S/C23H21F3N6O3S2/c24-23(25,26)16-6-2-3-7-18(16)27-19(33)13-36-22-29-21-20(30-31-22)15-12-14(8-9-17(15)28-21)37(34,35)32-10-4-1-5-11-32/h2-3,6-9,12H,1,4-5,10-11,13H2,(H,27,33)(H,28,29,31). The summed E-state index contributed by atoms with van der Waals surface area (Å²) in [6.07, 6.45) is -1.93. The zero-order valence-electron chi connectivity index (χ0n) is 19.2. The number of hydrogen-bond acceptors (Lipinski definition) is 7. The molecule has 194 valence electrons. The highest BCUT2D eigenvalue weighted by Crippen LogP contribution is 2.35. The van der Waals surface area contributed by atoms with Crippen LogP contribution in [0.3, 0.4) is 0 Å². The number of carbonyl (C=O) groups is 1. The number of hydrogen-bond donors (Lipinski definition) is 2. The minimum absolute atomic E-state index is 0.138. The molecule has 3 heterocycles. The van der Waals surface area contributed by atoms with Gasteiger partial charge in [-0.2, -0.15) is 17.5 Å². The lowest BCUT2D eigenvalue weighted by Gasteiger charge is -2.25. The third kappa shape index (κ3) is 5.26. The van der Waals surface area contributed by atoms with Gasteiger partial charge in [-0.25, -0.2) is 13.4 Å². The minimum Gasteiger partial charge on any atom is -0.338 e. The third-order valence-electron chi connectivity index (χ3n) is 5.96. The maximum absolute atomic E-state index is 13.1. The quantitative estimate of drug-likeness (QED) is 0.341. The van der Waals surface area contributed by atoms with E-state index in [1.165, 1.54) is 28.6 Å². The molecule has 2 N–H and O–H groups in total. The normalized spacial score (nSPS) is 15.3. The molecule has 0 bridgehead atoms. The lowest BCUT2D eigenvalue weighted by molar-refractivity contribution is -0.137. The first kappa shape index (κ1) is 25.4. The molecule has 1 aliphatic rings. The molecule has 1 fully saturated rings. The second-order valence-electron chi connectivity index (χ2n) is 8.47. The van der Waals surface area contributed by atoms with Crippen LogP contribution in [0.2, 0.25) is 0 Å². The van der Waals surface area contributed by atoms with E-state index >= 15 is 0 Å². The lowest BCUT2D eigenvalue weighted by atomic mass is 10.1. The molecule has 37 heavy (non-hydrogen) atoms. The van der Waals surface area contributed by atoms with Crippen molar-refractivity contribution in [2.45, 2.75) is 35.5 Å². The van der Waals surface area contributed by atoms with Crippen molar-refractivity contribution in [2.24, 2.45) is 0 Å². The number of alkyl halides is 3. The third-order valence-corrected chi connectivity index (χ3v) is 8.69. The van der Waals surface area contributed by atoms with E-state index in [0.29, 0.717) is 35.2 Å². The van der Waals surface area contributed by atoms with Crippen molar-refractivity contribution in [1.29, 1.82) is 0 Å². The number of H-pyrrole nitrogens is 1. The average Bonchev–Trinajstić information content (AvgIpc) is 3.25. The van der Waals surface area contributed by atoms with Crippen LogP contribution in [0.25, 0.3) is 22.1 Å². The number of para-hydroxylation sites is 1. The summed E-state index contributed by atoms with van der Waals surface area (Å²) in [5, 5.41) is 11.1. The number of nitrogens with one attached hydrogen (secondary N) is 2. The Morgan fingerprint density at radius 1 is 1.08 bits per heavy atom. The highest BCUT2D eigenvalue weighted by atomic mass is 32.2. The van der Waals surface area contributed by atoms with Crippen LogP contribution in [0.5, 0.6) is 0 Å². The number of benzene rings is 2. The molecule has 4 aromatic rings. The molecule has 0 radical (unpaired) electrons. The maximum atomic E-state index is 13.1. The minimum atomic E-state index is -4.60. The van der Waals surface area contributed by atoms with Crippen molar-refractivity contribution < 1.29 is 26.4 Å². The van der Waals surface area contributed by atoms with Gasteiger partial charge in [0.1, 0.15) is 5.52 Å². The van der Waals surface area contributed by atoms with E-state index in [-0.39, 0.29) is 21.5 Å². The van der Waals surface area contributed by atoms with E-state index in [2.05, 4.69) is 25.5 Å². The van der Waals surface area contributed by atoms with Crippen molar-refractivity contribution in [3.63, 3.8) is 0 Å². The number of aromatic nitrogens is 4. The summed E-state index contributed by atoms with van der Waals surface area (Å²) in [7, 11) is -3.63. The number of carbonyl (C=O) groups excluding carboxylic acids is 1. The molecule has 2 aromatic heterocycles. The molecule has 5 rings (SSSR count). The van der Waals surface area contributed by atoms with Crippen LogP contribution in [0, 0.1) is 0 Å². The van der Waals surface area contributed by atoms with Crippen molar-refractivity contribution >= 4 is 55.4 Å². The molecule has 1 saturated heterocycles. The highest BCUT2D eigenvalue weighted by Gasteiger charge is 2.33. The lowest BCUT2D eigenvalue weighted by Crippen LogP contribution is -2.35. The maximum Gasteiger partial charge on any atom is 0.418 e. The Kier molecular flexibility index (Phi) is 6.81. The Hall–Kier alpha value is -3.23. The van der Waals surface area contributed by atoms with Crippen molar-refractivity contribution in [3.05, 3.63) is 48.0 Å². The fraction of sp³-hybridized carbons (Fsp3) is 0.304. The monoisotopic (exact) mass is 550 g/mol. The number of amides is 1. The van der Waals surface area contributed by atoms with Crippen LogP contribution >= 0.6 is 11.8 Å². The molecular formula is C23H21F3N6O3S2. The van der Waals surface area contributed by atoms with Crippen LogP contribution in [0.4, 0.5) is 18.9 Å². The Bertz CT molecular complexity index is 1580. The van der Waals surface area contributed by atoms with Crippen LogP contribution in [0.1, 0.15) is 24.8 Å². The van der Waals surface area contributed by atoms with Gasteiger partial charge in [0.05, 0.1) is 21.9 Å². The van der Waals surface area contributed by atoms with E-state index in [9.17, 15) is 26.4 Å². The van der Waals surface area contributed by atoms with E-state index < -0.39 is 27.7 Å².